The average molecular weight is 621 g/mol. The number of nitrogens with one attached hydrogen (secondary N) is 1. The second-order valence-corrected chi connectivity index (χ2v) is 11.8. The fourth-order valence-electron chi connectivity index (χ4n) is 6.18. The molecule has 1 aromatic carbocycles. The first-order valence-corrected chi connectivity index (χ1v) is 15.1. The monoisotopic (exact) mass is 620 g/mol. The van der Waals surface area contributed by atoms with Crippen LogP contribution in [0.25, 0.3) is 11.0 Å². The maximum Gasteiger partial charge on any atom is 0.416 e. The summed E-state index contributed by atoms with van der Waals surface area (Å²) in [7, 11) is 0. The van der Waals surface area contributed by atoms with Crippen LogP contribution in [0.5, 0.6) is 11.5 Å². The molecule has 236 valence electrons. The summed E-state index contributed by atoms with van der Waals surface area (Å²) >= 11 is 0. The summed E-state index contributed by atoms with van der Waals surface area (Å²) in [4.78, 5) is 42.6. The number of amides is 1. The topological polar surface area (TPSA) is 94.7 Å². The molecule has 45 heavy (non-hydrogen) atoms. The van der Waals surface area contributed by atoms with Gasteiger partial charge < -0.3 is 19.5 Å². The lowest BCUT2D eigenvalue weighted by Crippen LogP contribution is -2.45. The van der Waals surface area contributed by atoms with Crippen molar-refractivity contribution in [1.29, 1.82) is 0 Å². The van der Waals surface area contributed by atoms with E-state index in [4.69, 9.17) is 4.74 Å². The van der Waals surface area contributed by atoms with Crippen molar-refractivity contribution in [2.45, 2.75) is 45.5 Å². The van der Waals surface area contributed by atoms with E-state index in [9.17, 15) is 22.8 Å². The van der Waals surface area contributed by atoms with Gasteiger partial charge in [-0.2, -0.15) is 13.2 Å². The lowest BCUT2D eigenvalue weighted by Gasteiger charge is -2.34. The SMILES string of the molecule is CCN1CCN(Cc2ccc(CC(=O)N3Cc4cc(Oc5ccnc6[nH]c(=O)ccc56)cnc4C(C)C3)cc2C(F)(F)F)CC1. The fraction of sp³-hybridized carbons (Fsp3) is 0.394. The van der Waals surface area contributed by atoms with Gasteiger partial charge in [0, 0.05) is 64.0 Å². The highest BCUT2D eigenvalue weighted by atomic mass is 19.4. The number of carbonyl (C=O) groups is 1. The van der Waals surface area contributed by atoms with Gasteiger partial charge in [0.25, 0.3) is 0 Å². The number of piperazine rings is 1. The van der Waals surface area contributed by atoms with Gasteiger partial charge in [0.15, 0.2) is 0 Å². The molecule has 0 aliphatic carbocycles. The van der Waals surface area contributed by atoms with E-state index in [-0.39, 0.29) is 42.5 Å². The molecule has 0 saturated carbocycles. The second-order valence-electron chi connectivity index (χ2n) is 11.8. The third-order valence-corrected chi connectivity index (χ3v) is 8.61. The summed E-state index contributed by atoms with van der Waals surface area (Å²) in [6, 6.07) is 10.8. The van der Waals surface area contributed by atoms with Crippen LogP contribution in [0.3, 0.4) is 0 Å². The zero-order valence-corrected chi connectivity index (χ0v) is 25.2. The van der Waals surface area contributed by atoms with Crippen molar-refractivity contribution in [3.05, 3.63) is 93.2 Å². The number of ether oxygens (including phenoxy) is 1. The number of halogens is 3. The van der Waals surface area contributed by atoms with E-state index in [1.165, 1.54) is 18.3 Å². The van der Waals surface area contributed by atoms with E-state index < -0.39 is 11.7 Å². The Bertz CT molecular complexity index is 1770. The number of carbonyl (C=O) groups excluding carboxylic acids is 1. The van der Waals surface area contributed by atoms with Crippen molar-refractivity contribution in [3.63, 3.8) is 0 Å². The van der Waals surface area contributed by atoms with E-state index in [1.807, 2.05) is 13.0 Å². The minimum absolute atomic E-state index is 0.0696. The van der Waals surface area contributed by atoms with E-state index in [0.29, 0.717) is 34.6 Å². The van der Waals surface area contributed by atoms with Crippen LogP contribution in [-0.4, -0.2) is 74.8 Å². The second kappa shape index (κ2) is 12.6. The Balaban J connectivity index is 1.16. The van der Waals surface area contributed by atoms with Gasteiger partial charge in [-0.15, -0.1) is 0 Å². The number of nitrogens with zero attached hydrogens (tertiary/aromatic N) is 5. The van der Waals surface area contributed by atoms with E-state index in [0.717, 1.165) is 50.0 Å². The van der Waals surface area contributed by atoms with Crippen LogP contribution in [0.15, 0.2) is 59.7 Å². The molecule has 1 fully saturated rings. The van der Waals surface area contributed by atoms with Crippen LogP contribution in [0.2, 0.25) is 0 Å². The third kappa shape index (κ3) is 6.86. The number of aromatic nitrogens is 3. The van der Waals surface area contributed by atoms with Gasteiger partial charge in [-0.3, -0.25) is 19.5 Å². The molecule has 0 radical (unpaired) electrons. The number of H-pyrrole nitrogens is 1. The van der Waals surface area contributed by atoms with Gasteiger partial charge in [0.2, 0.25) is 11.5 Å². The summed E-state index contributed by atoms with van der Waals surface area (Å²) < 4.78 is 48.5. The highest BCUT2D eigenvalue weighted by molar-refractivity contribution is 5.82. The first kappa shape index (κ1) is 30.7. The van der Waals surface area contributed by atoms with Crippen molar-refractivity contribution >= 4 is 16.9 Å². The molecule has 4 aromatic rings. The first-order chi connectivity index (χ1) is 21.6. The van der Waals surface area contributed by atoms with Crippen LogP contribution in [0, 0.1) is 0 Å². The highest BCUT2D eigenvalue weighted by Gasteiger charge is 2.35. The summed E-state index contributed by atoms with van der Waals surface area (Å²) in [5, 5.41) is 0.628. The molecule has 0 spiro atoms. The van der Waals surface area contributed by atoms with E-state index in [1.54, 1.807) is 29.3 Å². The maximum atomic E-state index is 14.1. The quantitative estimate of drug-likeness (QED) is 0.312. The number of alkyl halides is 3. The Hall–Kier alpha value is -4.29. The molecule has 2 aliphatic rings. The molecule has 1 amide bonds. The maximum absolute atomic E-state index is 14.1. The molecule has 6 rings (SSSR count). The van der Waals surface area contributed by atoms with Gasteiger partial charge in [0.1, 0.15) is 17.1 Å². The third-order valence-electron chi connectivity index (χ3n) is 8.61. The molecule has 2 aliphatic heterocycles. The normalized spacial score (nSPS) is 17.8. The molecule has 12 heteroatoms. The zero-order chi connectivity index (χ0) is 31.7. The largest absolute Gasteiger partial charge is 0.455 e. The van der Waals surface area contributed by atoms with Crippen LogP contribution in [0.1, 0.15) is 47.7 Å². The summed E-state index contributed by atoms with van der Waals surface area (Å²) in [6.45, 7) is 9.02. The summed E-state index contributed by atoms with van der Waals surface area (Å²) in [5.41, 5.74) is 1.67. The number of hydrogen-bond acceptors (Lipinski definition) is 7. The highest BCUT2D eigenvalue weighted by Crippen LogP contribution is 2.35. The molecule has 0 bridgehead atoms. The summed E-state index contributed by atoms with van der Waals surface area (Å²) in [5.74, 6) is 0.622. The Labute approximate surface area is 258 Å². The van der Waals surface area contributed by atoms with Gasteiger partial charge in [-0.25, -0.2) is 4.98 Å². The van der Waals surface area contributed by atoms with Crippen molar-refractivity contribution < 1.29 is 22.7 Å². The molecular weight excluding hydrogens is 585 g/mol. The Morgan fingerprint density at radius 1 is 1.04 bits per heavy atom. The minimum atomic E-state index is -4.52. The summed E-state index contributed by atoms with van der Waals surface area (Å²) in [6.07, 6.45) is -1.50. The predicted molar refractivity (Wildman–Crippen MR) is 163 cm³/mol. The predicted octanol–water partition coefficient (Wildman–Crippen LogP) is 4.96. The van der Waals surface area contributed by atoms with Crippen LogP contribution in [0.4, 0.5) is 13.2 Å². The molecule has 9 nitrogen and oxygen atoms in total. The van der Waals surface area contributed by atoms with E-state index >= 15 is 0 Å². The Morgan fingerprint density at radius 3 is 2.58 bits per heavy atom. The lowest BCUT2D eigenvalue weighted by molar-refractivity contribution is -0.138. The average Bonchev–Trinajstić information content (AvgIpc) is 3.01. The van der Waals surface area contributed by atoms with Crippen LogP contribution in [-0.2, 0) is 30.5 Å². The fourth-order valence-corrected chi connectivity index (χ4v) is 6.18. The zero-order valence-electron chi connectivity index (χ0n) is 25.2. The number of pyridine rings is 3. The number of hydrogen-bond donors (Lipinski definition) is 1. The molecule has 1 unspecified atom stereocenters. The molecule has 1 saturated heterocycles. The van der Waals surface area contributed by atoms with Gasteiger partial charge >= 0.3 is 6.18 Å². The first-order valence-electron chi connectivity index (χ1n) is 15.1. The number of rotatable bonds is 7. The molecular formula is C33H35F3N6O3. The molecule has 1 N–H and O–H groups in total. The number of aromatic amines is 1. The number of benzene rings is 1. The standard InChI is InChI=1S/C33H35F3N6O3/c1-3-40-10-12-41(13-11-40)19-23-5-4-22(14-27(23)33(34,35)36)15-30(44)42-18-21(2)31-24(20-42)16-25(17-38-31)45-28-8-9-37-32-26(28)6-7-29(43)39-32/h4-9,14,16-17,21H,3,10-13,15,18-20H2,1-2H3,(H,37,39,43). The van der Waals surface area contributed by atoms with E-state index in [2.05, 4.69) is 31.7 Å². The lowest BCUT2D eigenvalue weighted by atomic mass is 9.95. The number of fused-ring (bicyclic) bond motifs is 2. The van der Waals surface area contributed by atoms with Crippen LogP contribution >= 0.6 is 0 Å². The van der Waals surface area contributed by atoms with Gasteiger partial charge in [-0.05, 0) is 47.5 Å². The van der Waals surface area contributed by atoms with Crippen molar-refractivity contribution in [1.82, 2.24) is 29.7 Å². The molecule has 1 atom stereocenters. The minimum Gasteiger partial charge on any atom is -0.455 e. The van der Waals surface area contributed by atoms with Gasteiger partial charge in [-0.1, -0.05) is 26.0 Å². The Morgan fingerprint density at radius 2 is 1.82 bits per heavy atom. The smallest absolute Gasteiger partial charge is 0.416 e. The molecule has 3 aromatic heterocycles. The van der Waals surface area contributed by atoms with Crippen LogP contribution < -0.4 is 10.3 Å². The Kier molecular flexibility index (Phi) is 8.61. The van der Waals surface area contributed by atoms with Crippen molar-refractivity contribution in [2.24, 2.45) is 0 Å². The molecule has 5 heterocycles. The van der Waals surface area contributed by atoms with Gasteiger partial charge in [0.05, 0.1) is 29.3 Å². The number of likely N-dealkylation sites (N-methyl/N-ethyl adjacent to an activating group) is 1. The van der Waals surface area contributed by atoms with Crippen molar-refractivity contribution in [3.8, 4) is 11.5 Å². The van der Waals surface area contributed by atoms with Crippen molar-refractivity contribution in [2.75, 3.05) is 39.3 Å².